The highest BCUT2D eigenvalue weighted by molar-refractivity contribution is 7.94. The lowest BCUT2D eigenvalue weighted by molar-refractivity contribution is -0.137. The summed E-state index contributed by atoms with van der Waals surface area (Å²) in [6.07, 6.45) is -3.19. The summed E-state index contributed by atoms with van der Waals surface area (Å²) in [6.45, 7) is 0. The van der Waals surface area contributed by atoms with E-state index in [1.165, 1.54) is 6.08 Å². The van der Waals surface area contributed by atoms with Gasteiger partial charge in [0.1, 0.15) is 11.0 Å². The second-order valence-electron chi connectivity index (χ2n) is 3.97. The summed E-state index contributed by atoms with van der Waals surface area (Å²) in [7, 11) is -3.29. The zero-order valence-electron chi connectivity index (χ0n) is 9.28. The average molecular weight is 313 g/mol. The molecule has 0 saturated carbocycles. The summed E-state index contributed by atoms with van der Waals surface area (Å²) in [5, 5.41) is 3.28. The molecule has 1 aromatic heterocycles. The quantitative estimate of drug-likeness (QED) is 0.852. The first-order valence-electron chi connectivity index (χ1n) is 5.08. The smallest absolute Gasteiger partial charge is 0.363 e. The van der Waals surface area contributed by atoms with Gasteiger partial charge in [0.05, 0.1) is 17.4 Å². The fraction of sp³-hybridized carbons (Fsp3) is 0.300. The summed E-state index contributed by atoms with van der Waals surface area (Å²) in [4.78, 5) is 3.68. The average Bonchev–Trinajstić information content (AvgIpc) is 2.55. The lowest BCUT2D eigenvalue weighted by Crippen LogP contribution is -2.22. The van der Waals surface area contributed by atoms with Gasteiger partial charge in [-0.2, -0.15) is 13.2 Å². The molecule has 1 N–H and O–H groups in total. The Bertz CT molecular complexity index is 628. The number of alkyl halides is 3. The van der Waals surface area contributed by atoms with Gasteiger partial charge in [-0.1, -0.05) is 11.6 Å². The van der Waals surface area contributed by atoms with Crippen molar-refractivity contribution in [3.05, 3.63) is 34.3 Å². The fourth-order valence-electron chi connectivity index (χ4n) is 1.59. The molecule has 0 saturated heterocycles. The Balaban J connectivity index is 2.23. The first-order valence-corrected chi connectivity index (χ1v) is 7.17. The summed E-state index contributed by atoms with van der Waals surface area (Å²) >= 11 is 5.51. The molecule has 1 aliphatic rings. The van der Waals surface area contributed by atoms with Crippen LogP contribution in [-0.2, 0) is 16.0 Å². The SMILES string of the molecule is O=S1(=O)C=CC(Nc2cc(C(F)(F)F)cc(Cl)n2)C1. The molecule has 0 radical (unpaired) electrons. The van der Waals surface area contributed by atoms with Gasteiger partial charge in [-0.05, 0) is 18.2 Å². The van der Waals surface area contributed by atoms with Crippen LogP contribution in [0.1, 0.15) is 5.56 Å². The van der Waals surface area contributed by atoms with Gasteiger partial charge in [-0.25, -0.2) is 13.4 Å². The highest BCUT2D eigenvalue weighted by Gasteiger charge is 2.32. The zero-order chi connectivity index (χ0) is 14.3. The molecular formula is C10H8ClF3N2O2S. The number of hydrogen-bond donors (Lipinski definition) is 1. The monoisotopic (exact) mass is 312 g/mol. The van der Waals surface area contributed by atoms with E-state index in [4.69, 9.17) is 11.6 Å². The number of nitrogens with one attached hydrogen (secondary N) is 1. The third-order valence-corrected chi connectivity index (χ3v) is 3.97. The van der Waals surface area contributed by atoms with Crippen molar-refractivity contribution in [1.82, 2.24) is 4.98 Å². The van der Waals surface area contributed by atoms with Crippen LogP contribution in [0.4, 0.5) is 19.0 Å². The Morgan fingerprint density at radius 3 is 2.58 bits per heavy atom. The highest BCUT2D eigenvalue weighted by atomic mass is 35.5. The van der Waals surface area contributed by atoms with E-state index in [1.54, 1.807) is 0 Å². The molecule has 1 aromatic rings. The Labute approximate surface area is 112 Å². The van der Waals surface area contributed by atoms with Crippen molar-refractivity contribution in [2.75, 3.05) is 11.1 Å². The number of sulfone groups is 1. The number of aromatic nitrogens is 1. The highest BCUT2D eigenvalue weighted by Crippen LogP contribution is 2.32. The van der Waals surface area contributed by atoms with Crippen molar-refractivity contribution in [3.8, 4) is 0 Å². The molecule has 104 valence electrons. The number of halogens is 4. The Morgan fingerprint density at radius 1 is 1.37 bits per heavy atom. The van der Waals surface area contributed by atoms with Gasteiger partial charge in [-0.15, -0.1) is 0 Å². The number of pyridine rings is 1. The Morgan fingerprint density at radius 2 is 2.05 bits per heavy atom. The maximum absolute atomic E-state index is 12.6. The molecule has 1 aliphatic heterocycles. The third kappa shape index (κ3) is 3.60. The van der Waals surface area contributed by atoms with Crippen LogP contribution < -0.4 is 5.32 Å². The normalized spacial score (nSPS) is 21.6. The van der Waals surface area contributed by atoms with Crippen molar-refractivity contribution >= 4 is 27.3 Å². The summed E-state index contributed by atoms with van der Waals surface area (Å²) in [5.74, 6) is -0.339. The predicted octanol–water partition coefficient (Wildman–Crippen LogP) is 2.48. The van der Waals surface area contributed by atoms with Crippen molar-refractivity contribution in [1.29, 1.82) is 0 Å². The summed E-state index contributed by atoms with van der Waals surface area (Å²) in [5.41, 5.74) is -0.945. The largest absolute Gasteiger partial charge is 0.416 e. The van der Waals surface area contributed by atoms with Gasteiger partial charge < -0.3 is 5.32 Å². The van der Waals surface area contributed by atoms with Crippen molar-refractivity contribution < 1.29 is 21.6 Å². The maximum Gasteiger partial charge on any atom is 0.416 e. The van der Waals surface area contributed by atoms with Crippen LogP contribution in [-0.4, -0.2) is 25.2 Å². The van der Waals surface area contributed by atoms with Crippen molar-refractivity contribution in [2.24, 2.45) is 0 Å². The van der Waals surface area contributed by atoms with E-state index in [0.717, 1.165) is 11.5 Å². The van der Waals surface area contributed by atoms with E-state index in [-0.39, 0.29) is 16.7 Å². The van der Waals surface area contributed by atoms with E-state index in [9.17, 15) is 21.6 Å². The molecule has 2 heterocycles. The Kier molecular flexibility index (Phi) is 3.48. The van der Waals surface area contributed by atoms with Crippen molar-refractivity contribution in [3.63, 3.8) is 0 Å². The van der Waals surface area contributed by atoms with E-state index in [0.29, 0.717) is 6.07 Å². The first kappa shape index (κ1) is 14.1. The molecule has 1 atom stereocenters. The minimum absolute atomic E-state index is 0.119. The molecular weight excluding hydrogens is 305 g/mol. The van der Waals surface area contributed by atoms with Gasteiger partial charge >= 0.3 is 6.18 Å². The van der Waals surface area contributed by atoms with E-state index >= 15 is 0 Å². The summed E-state index contributed by atoms with van der Waals surface area (Å²) in [6, 6.07) is 0.871. The second-order valence-corrected chi connectivity index (χ2v) is 6.29. The molecule has 1 unspecified atom stereocenters. The number of hydrogen-bond acceptors (Lipinski definition) is 4. The molecule has 0 aliphatic carbocycles. The van der Waals surface area contributed by atoms with Gasteiger partial charge in [0.25, 0.3) is 0 Å². The number of nitrogens with zero attached hydrogens (tertiary/aromatic N) is 1. The molecule has 0 fully saturated rings. The van der Waals surface area contributed by atoms with Crippen LogP contribution in [0.5, 0.6) is 0 Å². The van der Waals surface area contributed by atoms with E-state index in [2.05, 4.69) is 10.3 Å². The van der Waals surface area contributed by atoms with E-state index < -0.39 is 27.6 Å². The zero-order valence-corrected chi connectivity index (χ0v) is 10.9. The third-order valence-electron chi connectivity index (χ3n) is 2.38. The number of rotatable bonds is 2. The van der Waals surface area contributed by atoms with Crippen molar-refractivity contribution in [2.45, 2.75) is 12.2 Å². The standard InChI is InChI=1S/C10H8ClF3N2O2S/c11-8-3-6(10(12,13)14)4-9(16-8)15-7-1-2-19(17,18)5-7/h1-4,7H,5H2,(H,15,16). The van der Waals surface area contributed by atoms with Crippen LogP contribution in [0.25, 0.3) is 0 Å². The van der Waals surface area contributed by atoms with Gasteiger partial charge in [0, 0.05) is 5.41 Å². The lowest BCUT2D eigenvalue weighted by Gasteiger charge is -2.13. The molecule has 4 nitrogen and oxygen atoms in total. The fourth-order valence-corrected chi connectivity index (χ4v) is 3.03. The molecule has 0 amide bonds. The van der Waals surface area contributed by atoms with Gasteiger partial charge in [0.15, 0.2) is 9.84 Å². The first-order chi connectivity index (χ1) is 8.66. The Hall–Kier alpha value is -1.28. The van der Waals surface area contributed by atoms with E-state index in [1.807, 2.05) is 0 Å². The molecule has 19 heavy (non-hydrogen) atoms. The predicted molar refractivity (Wildman–Crippen MR) is 64.6 cm³/mol. The van der Waals surface area contributed by atoms with Gasteiger partial charge in [0.2, 0.25) is 0 Å². The topological polar surface area (TPSA) is 59.1 Å². The molecule has 0 bridgehead atoms. The molecule has 0 spiro atoms. The second kappa shape index (κ2) is 4.68. The maximum atomic E-state index is 12.6. The minimum atomic E-state index is -4.54. The van der Waals surface area contributed by atoms with Crippen LogP contribution in [0.15, 0.2) is 23.6 Å². The number of anilines is 1. The minimum Gasteiger partial charge on any atom is -0.363 e. The van der Waals surface area contributed by atoms with Gasteiger partial charge in [-0.3, -0.25) is 0 Å². The van der Waals surface area contributed by atoms with Crippen LogP contribution >= 0.6 is 11.6 Å². The lowest BCUT2D eigenvalue weighted by atomic mass is 10.2. The molecule has 2 rings (SSSR count). The van der Waals surface area contributed by atoms with Crippen LogP contribution in [0, 0.1) is 0 Å². The molecule has 9 heteroatoms. The molecule has 0 aromatic carbocycles. The summed E-state index contributed by atoms with van der Waals surface area (Å²) < 4.78 is 60.0. The van der Waals surface area contributed by atoms with Crippen LogP contribution in [0.3, 0.4) is 0 Å². The van der Waals surface area contributed by atoms with Crippen LogP contribution in [0.2, 0.25) is 5.15 Å².